The lowest BCUT2D eigenvalue weighted by atomic mass is 9.87. The lowest BCUT2D eigenvalue weighted by Crippen LogP contribution is -2.18. The van der Waals surface area contributed by atoms with Gasteiger partial charge < -0.3 is 14.6 Å². The Kier molecular flexibility index (Phi) is 6.54. The van der Waals surface area contributed by atoms with Gasteiger partial charge in [-0.1, -0.05) is 48.5 Å². The van der Waals surface area contributed by atoms with Crippen LogP contribution < -0.4 is 14.6 Å². The number of carbonyl (C=O) groups is 1. The van der Waals surface area contributed by atoms with Crippen molar-refractivity contribution < 1.29 is 36.6 Å². The minimum atomic E-state index is -3.80. The summed E-state index contributed by atoms with van der Waals surface area (Å²) in [5.74, 6) is -1.02. The summed E-state index contributed by atoms with van der Waals surface area (Å²) in [4.78, 5) is 10.8. The van der Waals surface area contributed by atoms with E-state index in [4.69, 9.17) is 19.7 Å². The van der Waals surface area contributed by atoms with Crippen molar-refractivity contribution in [2.75, 3.05) is 0 Å². The molecule has 0 saturated carbocycles. The Balaban J connectivity index is 1.80. The zero-order valence-corrected chi connectivity index (χ0v) is 18.6. The first kappa shape index (κ1) is 23.7. The molecule has 3 aromatic carbocycles. The van der Waals surface area contributed by atoms with Gasteiger partial charge in [0.05, 0.1) is 11.3 Å². The third kappa shape index (κ3) is 5.35. The minimum Gasteiger partial charge on any atom is -0.481 e. The molecular weight excluding hydrogens is 468 g/mol. The average molecular weight is 489 g/mol. The molecule has 3 aromatic rings. The number of hydrogen-bond acceptors (Lipinski definition) is 5. The minimum absolute atomic E-state index is 0.000674. The van der Waals surface area contributed by atoms with Gasteiger partial charge in [-0.3, -0.25) is 4.79 Å². The Morgan fingerprint density at radius 1 is 1.09 bits per heavy atom. The van der Waals surface area contributed by atoms with E-state index >= 15 is 0 Å². The number of hydrogen-bond donors (Lipinski definition) is 2. The second-order valence-corrected chi connectivity index (χ2v) is 9.48. The molecule has 34 heavy (non-hydrogen) atoms. The Hall–Kier alpha value is -3.50. The monoisotopic (exact) mass is 489 g/mol. The highest BCUT2D eigenvalue weighted by atomic mass is 32.2. The summed E-state index contributed by atoms with van der Waals surface area (Å²) in [6, 6.07) is 16.6. The summed E-state index contributed by atoms with van der Waals surface area (Å²) < 4.78 is 60.2. The predicted octanol–water partition coefficient (Wildman–Crippen LogP) is 4.24. The number of benzene rings is 3. The zero-order chi connectivity index (χ0) is 24.5. The van der Waals surface area contributed by atoms with Gasteiger partial charge in [0, 0.05) is 12.0 Å². The van der Waals surface area contributed by atoms with E-state index in [1.165, 1.54) is 6.07 Å². The lowest BCUT2D eigenvalue weighted by molar-refractivity contribution is -0.136. The summed E-state index contributed by atoms with van der Waals surface area (Å²) in [5.41, 5.74) is 3.45. The first-order valence-electron chi connectivity index (χ1n) is 10.3. The van der Waals surface area contributed by atoms with Crippen LogP contribution in [0.1, 0.15) is 34.8 Å². The number of carboxylic acid groups (broad SMARTS) is 1. The fraction of sp³-hybridized carbons (Fsp3) is 0.208. The van der Waals surface area contributed by atoms with Gasteiger partial charge in [-0.25, -0.2) is 13.6 Å². The Morgan fingerprint density at radius 2 is 1.79 bits per heavy atom. The maximum absolute atomic E-state index is 13.0. The maximum Gasteiger partial charge on any atom is 0.387 e. The van der Waals surface area contributed by atoms with Gasteiger partial charge in [0.1, 0.15) is 17.6 Å². The number of primary sulfonamides is 1. The zero-order valence-electron chi connectivity index (χ0n) is 17.8. The van der Waals surface area contributed by atoms with Gasteiger partial charge in [-0.2, -0.15) is 8.78 Å². The molecule has 4 rings (SSSR count). The normalized spacial score (nSPS) is 14.8. The van der Waals surface area contributed by atoms with Crippen LogP contribution in [0.25, 0.3) is 11.1 Å². The molecule has 0 spiro atoms. The van der Waals surface area contributed by atoms with E-state index in [9.17, 15) is 22.0 Å². The molecule has 1 aliphatic heterocycles. The van der Waals surface area contributed by atoms with Crippen molar-refractivity contribution in [2.45, 2.75) is 31.3 Å². The molecule has 3 N–H and O–H groups in total. The third-order valence-corrected chi connectivity index (χ3v) is 6.13. The topological polar surface area (TPSA) is 116 Å². The van der Waals surface area contributed by atoms with E-state index in [0.717, 1.165) is 11.1 Å². The standard InChI is InChI=1S/C24H21F2NO6S/c25-24(26)33-20-3-1-2-19-22(20)17-10-6-15(13-34(27,30)31)12-18(17)23(32-19)16-8-4-14(5-9-16)7-11-21(28)29/h1-6,8-10,12,23-24H,7,11,13H2,(H,28,29)(H2,27,30,31). The largest absolute Gasteiger partial charge is 0.481 e. The summed E-state index contributed by atoms with van der Waals surface area (Å²) in [6.07, 6.45) is -0.301. The van der Waals surface area contributed by atoms with Crippen molar-refractivity contribution in [3.8, 4) is 22.6 Å². The van der Waals surface area contributed by atoms with E-state index in [1.807, 2.05) is 0 Å². The molecule has 10 heteroatoms. The molecule has 0 fully saturated rings. The second-order valence-electron chi connectivity index (χ2n) is 7.87. The van der Waals surface area contributed by atoms with Crippen molar-refractivity contribution in [1.82, 2.24) is 0 Å². The molecule has 1 aliphatic rings. The Labute approximate surface area is 194 Å². The second kappa shape index (κ2) is 9.40. The fourth-order valence-corrected chi connectivity index (χ4v) is 4.64. The first-order valence-corrected chi connectivity index (χ1v) is 12.0. The van der Waals surface area contributed by atoms with Crippen molar-refractivity contribution in [2.24, 2.45) is 5.14 Å². The molecule has 1 unspecified atom stereocenters. The Bertz CT molecular complexity index is 1330. The number of carboxylic acids is 1. The highest BCUT2D eigenvalue weighted by Gasteiger charge is 2.31. The molecule has 0 radical (unpaired) electrons. The summed E-state index contributed by atoms with van der Waals surface area (Å²) >= 11 is 0. The fourth-order valence-electron chi connectivity index (χ4n) is 4.00. The van der Waals surface area contributed by atoms with Gasteiger partial charge in [0.2, 0.25) is 10.0 Å². The number of aryl methyl sites for hydroxylation is 1. The van der Waals surface area contributed by atoms with Crippen molar-refractivity contribution in [3.05, 3.63) is 82.9 Å². The van der Waals surface area contributed by atoms with E-state index in [2.05, 4.69) is 0 Å². The molecule has 0 saturated heterocycles. The molecule has 1 atom stereocenters. The average Bonchev–Trinajstić information content (AvgIpc) is 2.76. The Morgan fingerprint density at radius 3 is 2.44 bits per heavy atom. The molecule has 178 valence electrons. The molecule has 0 aromatic heterocycles. The van der Waals surface area contributed by atoms with Gasteiger partial charge in [0.25, 0.3) is 0 Å². The van der Waals surface area contributed by atoms with Gasteiger partial charge in [-0.05, 0) is 40.8 Å². The number of halogens is 2. The lowest BCUT2D eigenvalue weighted by Gasteiger charge is -2.31. The van der Waals surface area contributed by atoms with Gasteiger partial charge >= 0.3 is 12.6 Å². The maximum atomic E-state index is 13.0. The number of sulfonamides is 1. The van der Waals surface area contributed by atoms with Crippen LogP contribution in [-0.4, -0.2) is 26.1 Å². The predicted molar refractivity (Wildman–Crippen MR) is 120 cm³/mol. The number of ether oxygens (including phenoxy) is 2. The van der Waals surface area contributed by atoms with Crippen LogP contribution in [0.4, 0.5) is 8.78 Å². The van der Waals surface area contributed by atoms with Gasteiger partial charge in [0.15, 0.2) is 0 Å². The number of aliphatic carboxylic acids is 1. The molecule has 0 amide bonds. The van der Waals surface area contributed by atoms with E-state index in [-0.39, 0.29) is 12.2 Å². The summed E-state index contributed by atoms with van der Waals surface area (Å²) in [6.45, 7) is -3.03. The van der Waals surface area contributed by atoms with Crippen molar-refractivity contribution in [1.29, 1.82) is 0 Å². The molecule has 0 aliphatic carbocycles. The van der Waals surface area contributed by atoms with E-state index in [1.54, 1.807) is 54.6 Å². The van der Waals surface area contributed by atoms with E-state index in [0.29, 0.717) is 34.4 Å². The van der Waals surface area contributed by atoms with Gasteiger partial charge in [-0.15, -0.1) is 0 Å². The third-order valence-electron chi connectivity index (χ3n) is 5.39. The smallest absolute Gasteiger partial charge is 0.387 e. The molecule has 7 nitrogen and oxygen atoms in total. The van der Waals surface area contributed by atoms with Crippen LogP contribution in [0.15, 0.2) is 60.7 Å². The van der Waals surface area contributed by atoms with Crippen molar-refractivity contribution in [3.63, 3.8) is 0 Å². The number of nitrogens with two attached hydrogens (primary N) is 1. The number of rotatable bonds is 8. The van der Waals surface area contributed by atoms with Crippen LogP contribution in [0.3, 0.4) is 0 Å². The van der Waals surface area contributed by atoms with Crippen LogP contribution in [-0.2, 0) is 27.0 Å². The molecule has 1 heterocycles. The quantitative estimate of drug-likeness (QED) is 0.489. The van der Waals surface area contributed by atoms with Crippen LogP contribution in [0, 0.1) is 0 Å². The van der Waals surface area contributed by atoms with Crippen LogP contribution in [0.5, 0.6) is 11.5 Å². The summed E-state index contributed by atoms with van der Waals surface area (Å²) in [7, 11) is -3.80. The molecular formula is C24H21F2NO6S. The first-order chi connectivity index (χ1) is 16.1. The van der Waals surface area contributed by atoms with Crippen LogP contribution >= 0.6 is 0 Å². The number of alkyl halides is 2. The summed E-state index contributed by atoms with van der Waals surface area (Å²) in [5, 5.41) is 14.1. The van der Waals surface area contributed by atoms with E-state index < -0.39 is 34.5 Å². The number of fused-ring (bicyclic) bond motifs is 3. The highest BCUT2D eigenvalue weighted by molar-refractivity contribution is 7.88. The van der Waals surface area contributed by atoms with Crippen LogP contribution in [0.2, 0.25) is 0 Å². The molecule has 0 bridgehead atoms. The highest BCUT2D eigenvalue weighted by Crippen LogP contribution is 2.49. The SMILES string of the molecule is NS(=O)(=O)Cc1ccc2c(c1)C(c1ccc(CCC(=O)O)cc1)Oc1cccc(OC(F)F)c1-2. The van der Waals surface area contributed by atoms with Crippen molar-refractivity contribution >= 4 is 16.0 Å².